The monoisotopic (exact) mass is 251 g/mol. The highest BCUT2D eigenvalue weighted by atomic mass is 35.5. The van der Waals surface area contributed by atoms with E-state index < -0.39 is 0 Å². The van der Waals surface area contributed by atoms with Crippen molar-refractivity contribution in [1.29, 1.82) is 0 Å². The molecule has 0 spiro atoms. The molecule has 2 rings (SSSR count). The van der Waals surface area contributed by atoms with Gasteiger partial charge in [0.1, 0.15) is 0 Å². The number of hydrogen-bond acceptors (Lipinski definition) is 4. The zero-order chi connectivity index (χ0) is 12.3. The summed E-state index contributed by atoms with van der Waals surface area (Å²) in [7, 11) is 0. The largest absolute Gasteiger partial charge is 0.398 e. The minimum atomic E-state index is 0.486. The number of rotatable bonds is 4. The summed E-state index contributed by atoms with van der Waals surface area (Å²) in [6.07, 6.45) is 3.00. The molecule has 0 saturated carbocycles. The predicted octanol–water partition coefficient (Wildman–Crippen LogP) is 3.31. The number of unbranched alkanes of at least 4 members (excludes halogenated alkanes) is 1. The molecule has 0 amide bonds. The molecule has 5 heteroatoms. The van der Waals surface area contributed by atoms with E-state index >= 15 is 0 Å². The van der Waals surface area contributed by atoms with E-state index in [2.05, 4.69) is 17.1 Å². The van der Waals surface area contributed by atoms with Gasteiger partial charge in [-0.25, -0.2) is 0 Å². The fourth-order valence-corrected chi connectivity index (χ4v) is 1.60. The lowest BCUT2D eigenvalue weighted by Crippen LogP contribution is -1.89. The van der Waals surface area contributed by atoms with Crippen LogP contribution in [0.4, 0.5) is 5.69 Å². The number of halogens is 1. The van der Waals surface area contributed by atoms with Crippen molar-refractivity contribution in [3.05, 3.63) is 29.0 Å². The molecule has 0 aliphatic rings. The Kier molecular flexibility index (Phi) is 3.64. The van der Waals surface area contributed by atoms with Crippen LogP contribution in [0.2, 0.25) is 5.02 Å². The number of nitrogens with two attached hydrogens (primary N) is 1. The first-order valence-corrected chi connectivity index (χ1v) is 5.96. The second-order valence-corrected chi connectivity index (χ2v) is 4.26. The van der Waals surface area contributed by atoms with Gasteiger partial charge < -0.3 is 10.3 Å². The van der Waals surface area contributed by atoms with Crippen molar-refractivity contribution < 1.29 is 4.52 Å². The number of benzene rings is 1. The van der Waals surface area contributed by atoms with Gasteiger partial charge in [-0.3, -0.25) is 0 Å². The molecule has 17 heavy (non-hydrogen) atoms. The van der Waals surface area contributed by atoms with Gasteiger partial charge in [0, 0.05) is 12.0 Å². The molecule has 1 aromatic heterocycles. The van der Waals surface area contributed by atoms with Gasteiger partial charge in [0.2, 0.25) is 0 Å². The molecular weight excluding hydrogens is 238 g/mol. The molecule has 0 saturated heterocycles. The second-order valence-electron chi connectivity index (χ2n) is 3.86. The lowest BCUT2D eigenvalue weighted by Gasteiger charge is -1.98. The SMILES string of the molecule is CCCCc1noc(-c2ccc(Cl)c(N)c2)n1. The Bertz CT molecular complexity index is 510. The molecule has 0 aliphatic heterocycles. The van der Waals surface area contributed by atoms with E-state index in [0.29, 0.717) is 16.6 Å². The van der Waals surface area contributed by atoms with Gasteiger partial charge in [-0.05, 0) is 24.6 Å². The number of aryl methyl sites for hydroxylation is 1. The first-order chi connectivity index (χ1) is 8.20. The van der Waals surface area contributed by atoms with Gasteiger partial charge in [-0.15, -0.1) is 0 Å². The summed E-state index contributed by atoms with van der Waals surface area (Å²) in [4.78, 5) is 4.31. The quantitative estimate of drug-likeness (QED) is 0.847. The van der Waals surface area contributed by atoms with Crippen LogP contribution >= 0.6 is 11.6 Å². The zero-order valence-electron chi connectivity index (χ0n) is 9.61. The second kappa shape index (κ2) is 5.19. The first kappa shape index (κ1) is 11.9. The predicted molar refractivity (Wildman–Crippen MR) is 67.8 cm³/mol. The number of hydrogen-bond donors (Lipinski definition) is 1. The maximum Gasteiger partial charge on any atom is 0.257 e. The van der Waals surface area contributed by atoms with Crippen molar-refractivity contribution in [2.24, 2.45) is 0 Å². The summed E-state index contributed by atoms with van der Waals surface area (Å²) in [6.45, 7) is 2.13. The Morgan fingerprint density at radius 1 is 1.41 bits per heavy atom. The third-order valence-corrected chi connectivity index (χ3v) is 2.81. The highest BCUT2D eigenvalue weighted by Crippen LogP contribution is 2.25. The van der Waals surface area contributed by atoms with E-state index in [4.69, 9.17) is 21.9 Å². The highest BCUT2D eigenvalue weighted by Gasteiger charge is 2.09. The van der Waals surface area contributed by atoms with E-state index in [1.807, 2.05) is 6.07 Å². The number of nitrogen functional groups attached to an aromatic ring is 1. The summed E-state index contributed by atoms with van der Waals surface area (Å²) in [5.74, 6) is 1.22. The minimum Gasteiger partial charge on any atom is -0.398 e. The lowest BCUT2D eigenvalue weighted by molar-refractivity contribution is 0.421. The van der Waals surface area contributed by atoms with Crippen molar-refractivity contribution in [2.45, 2.75) is 26.2 Å². The van der Waals surface area contributed by atoms with Crippen LogP contribution in [-0.2, 0) is 6.42 Å². The lowest BCUT2D eigenvalue weighted by atomic mass is 10.2. The van der Waals surface area contributed by atoms with Gasteiger partial charge in [0.05, 0.1) is 10.7 Å². The fraction of sp³-hybridized carbons (Fsp3) is 0.333. The van der Waals surface area contributed by atoms with Gasteiger partial charge in [-0.2, -0.15) is 4.98 Å². The smallest absolute Gasteiger partial charge is 0.257 e. The molecule has 2 aromatic rings. The number of nitrogens with zero attached hydrogens (tertiary/aromatic N) is 2. The Labute approximate surface area is 105 Å². The van der Waals surface area contributed by atoms with Crippen LogP contribution in [-0.4, -0.2) is 10.1 Å². The average Bonchev–Trinajstić information content (AvgIpc) is 2.79. The molecule has 90 valence electrons. The van der Waals surface area contributed by atoms with Crippen molar-refractivity contribution in [1.82, 2.24) is 10.1 Å². The van der Waals surface area contributed by atoms with Crippen LogP contribution in [0.15, 0.2) is 22.7 Å². The van der Waals surface area contributed by atoms with E-state index in [-0.39, 0.29) is 0 Å². The third-order valence-electron chi connectivity index (χ3n) is 2.46. The number of anilines is 1. The van der Waals surface area contributed by atoms with E-state index in [1.165, 1.54) is 0 Å². The molecule has 0 radical (unpaired) electrons. The van der Waals surface area contributed by atoms with Gasteiger partial charge >= 0.3 is 0 Å². The van der Waals surface area contributed by atoms with Crippen molar-refractivity contribution >= 4 is 17.3 Å². The Balaban J connectivity index is 2.21. The Hall–Kier alpha value is -1.55. The standard InChI is InChI=1S/C12H14ClN3O/c1-2-3-4-11-15-12(17-16-11)8-5-6-9(13)10(14)7-8/h5-7H,2-4,14H2,1H3. The average molecular weight is 252 g/mol. The summed E-state index contributed by atoms with van der Waals surface area (Å²) < 4.78 is 5.18. The number of aromatic nitrogens is 2. The summed E-state index contributed by atoms with van der Waals surface area (Å²) in [6, 6.07) is 5.28. The van der Waals surface area contributed by atoms with Crippen molar-refractivity contribution in [2.75, 3.05) is 5.73 Å². The summed E-state index contributed by atoms with van der Waals surface area (Å²) in [5, 5.41) is 4.45. The molecule has 0 aliphatic carbocycles. The maximum atomic E-state index is 5.85. The fourth-order valence-electron chi connectivity index (χ4n) is 1.48. The summed E-state index contributed by atoms with van der Waals surface area (Å²) in [5.41, 5.74) is 7.03. The van der Waals surface area contributed by atoms with Crippen LogP contribution in [0.3, 0.4) is 0 Å². The van der Waals surface area contributed by atoms with E-state index in [0.717, 1.165) is 30.7 Å². The normalized spacial score (nSPS) is 10.7. The molecule has 0 fully saturated rings. The van der Waals surface area contributed by atoms with Gasteiger partial charge in [0.15, 0.2) is 5.82 Å². The Morgan fingerprint density at radius 2 is 2.24 bits per heavy atom. The van der Waals surface area contributed by atoms with Crippen LogP contribution < -0.4 is 5.73 Å². The topological polar surface area (TPSA) is 64.9 Å². The molecule has 4 nitrogen and oxygen atoms in total. The van der Waals surface area contributed by atoms with Crippen LogP contribution in [0, 0.1) is 0 Å². The van der Waals surface area contributed by atoms with E-state index in [1.54, 1.807) is 12.1 Å². The van der Waals surface area contributed by atoms with Crippen LogP contribution in [0.5, 0.6) is 0 Å². The Morgan fingerprint density at radius 3 is 2.94 bits per heavy atom. The van der Waals surface area contributed by atoms with Crippen molar-refractivity contribution in [3.8, 4) is 11.5 Å². The van der Waals surface area contributed by atoms with E-state index in [9.17, 15) is 0 Å². The maximum absolute atomic E-state index is 5.85. The van der Waals surface area contributed by atoms with Crippen LogP contribution in [0.25, 0.3) is 11.5 Å². The molecular formula is C12H14ClN3O. The van der Waals surface area contributed by atoms with Gasteiger partial charge in [-0.1, -0.05) is 30.1 Å². The first-order valence-electron chi connectivity index (χ1n) is 5.58. The minimum absolute atomic E-state index is 0.486. The molecule has 2 N–H and O–H groups in total. The molecule has 1 aromatic carbocycles. The third kappa shape index (κ3) is 2.77. The van der Waals surface area contributed by atoms with Gasteiger partial charge in [0.25, 0.3) is 5.89 Å². The molecule has 0 atom stereocenters. The highest BCUT2D eigenvalue weighted by molar-refractivity contribution is 6.33. The molecule has 0 bridgehead atoms. The molecule has 0 unspecified atom stereocenters. The summed E-state index contributed by atoms with van der Waals surface area (Å²) >= 11 is 5.85. The zero-order valence-corrected chi connectivity index (χ0v) is 10.4. The van der Waals surface area contributed by atoms with Crippen molar-refractivity contribution in [3.63, 3.8) is 0 Å². The van der Waals surface area contributed by atoms with Crippen LogP contribution in [0.1, 0.15) is 25.6 Å². The molecule has 1 heterocycles.